The van der Waals surface area contributed by atoms with E-state index >= 15 is 0 Å². The maximum atomic E-state index is 12.3. The monoisotopic (exact) mass is 438 g/mol. The van der Waals surface area contributed by atoms with E-state index in [4.69, 9.17) is 4.74 Å². The van der Waals surface area contributed by atoms with Gasteiger partial charge in [0.2, 0.25) is 5.91 Å². The van der Waals surface area contributed by atoms with Crippen LogP contribution in [0, 0.1) is 0 Å². The van der Waals surface area contributed by atoms with Gasteiger partial charge < -0.3 is 14.6 Å². The fourth-order valence-corrected chi connectivity index (χ4v) is 3.92. The van der Waals surface area contributed by atoms with Crippen molar-refractivity contribution in [3.63, 3.8) is 0 Å². The first kappa shape index (κ1) is 22.9. The Kier molecular flexibility index (Phi) is 8.12. The molecule has 0 bridgehead atoms. The van der Waals surface area contributed by atoms with Crippen LogP contribution in [0.2, 0.25) is 0 Å². The number of nitrogens with zero attached hydrogens (tertiary/aromatic N) is 3. The second kappa shape index (κ2) is 11.0. The van der Waals surface area contributed by atoms with E-state index < -0.39 is 0 Å². The average Bonchev–Trinajstić information content (AvgIpc) is 3.18. The molecule has 3 aromatic rings. The number of aryl methyl sites for hydroxylation is 1. The van der Waals surface area contributed by atoms with E-state index in [9.17, 15) is 4.79 Å². The number of nitrogens with one attached hydrogen (secondary N) is 1. The van der Waals surface area contributed by atoms with Crippen molar-refractivity contribution in [2.75, 3.05) is 11.1 Å². The molecule has 1 N–H and O–H groups in total. The Balaban J connectivity index is 1.54. The van der Waals surface area contributed by atoms with Gasteiger partial charge in [0.25, 0.3) is 0 Å². The van der Waals surface area contributed by atoms with E-state index in [1.165, 1.54) is 22.9 Å². The van der Waals surface area contributed by atoms with E-state index in [-0.39, 0.29) is 11.7 Å². The van der Waals surface area contributed by atoms with Crippen LogP contribution in [0.5, 0.6) is 5.75 Å². The zero-order valence-electron chi connectivity index (χ0n) is 18.6. The first-order valence-corrected chi connectivity index (χ1v) is 11.6. The molecule has 0 unspecified atom stereocenters. The number of amides is 1. The number of rotatable bonds is 10. The molecule has 2 aromatic carbocycles. The van der Waals surface area contributed by atoms with Crippen LogP contribution in [0.4, 0.5) is 5.69 Å². The summed E-state index contributed by atoms with van der Waals surface area (Å²) < 4.78 is 7.88. The normalized spacial score (nSPS) is 11.0. The van der Waals surface area contributed by atoms with E-state index in [1.54, 1.807) is 0 Å². The van der Waals surface area contributed by atoms with Crippen LogP contribution >= 0.6 is 11.8 Å². The first-order chi connectivity index (χ1) is 15.0. The lowest BCUT2D eigenvalue weighted by molar-refractivity contribution is -0.113. The zero-order valence-corrected chi connectivity index (χ0v) is 19.4. The third kappa shape index (κ3) is 6.34. The van der Waals surface area contributed by atoms with Crippen LogP contribution in [-0.4, -0.2) is 26.4 Å². The summed E-state index contributed by atoms with van der Waals surface area (Å²) >= 11 is 1.38. The van der Waals surface area contributed by atoms with Gasteiger partial charge >= 0.3 is 0 Å². The SMILES string of the molecule is CCc1ccc(NC(=O)CSc2nnc(COc3ccc(C(C)C)cc3)n2CC)cc1. The molecular weight excluding hydrogens is 408 g/mol. The van der Waals surface area contributed by atoms with E-state index in [0.717, 1.165) is 23.7 Å². The number of aromatic nitrogens is 3. The highest BCUT2D eigenvalue weighted by atomic mass is 32.2. The van der Waals surface area contributed by atoms with Crippen molar-refractivity contribution < 1.29 is 9.53 Å². The van der Waals surface area contributed by atoms with Gasteiger partial charge in [-0.2, -0.15) is 0 Å². The molecule has 0 spiro atoms. The molecule has 6 nitrogen and oxygen atoms in total. The van der Waals surface area contributed by atoms with E-state index in [2.05, 4.69) is 48.4 Å². The lowest BCUT2D eigenvalue weighted by Crippen LogP contribution is -2.15. The average molecular weight is 439 g/mol. The summed E-state index contributed by atoms with van der Waals surface area (Å²) in [7, 11) is 0. The minimum atomic E-state index is -0.0667. The molecule has 0 radical (unpaired) electrons. The number of benzene rings is 2. The van der Waals surface area contributed by atoms with Crippen LogP contribution in [0.25, 0.3) is 0 Å². The van der Waals surface area contributed by atoms with Crippen LogP contribution in [0.1, 0.15) is 50.6 Å². The molecule has 1 amide bonds. The number of hydrogen-bond acceptors (Lipinski definition) is 5. The van der Waals surface area contributed by atoms with Crippen molar-refractivity contribution in [1.82, 2.24) is 14.8 Å². The van der Waals surface area contributed by atoms with Crippen molar-refractivity contribution >= 4 is 23.4 Å². The van der Waals surface area contributed by atoms with Gasteiger partial charge in [-0.15, -0.1) is 10.2 Å². The topological polar surface area (TPSA) is 69.0 Å². The maximum Gasteiger partial charge on any atom is 0.234 e. The van der Waals surface area contributed by atoms with Gasteiger partial charge in [-0.3, -0.25) is 4.79 Å². The number of carbonyl (C=O) groups is 1. The summed E-state index contributed by atoms with van der Waals surface area (Å²) in [6.45, 7) is 9.51. The van der Waals surface area contributed by atoms with Gasteiger partial charge in [-0.1, -0.05) is 56.8 Å². The Bertz CT molecular complexity index is 982. The summed E-state index contributed by atoms with van der Waals surface area (Å²) in [4.78, 5) is 12.3. The number of ether oxygens (including phenoxy) is 1. The standard InChI is InChI=1S/C24H30N4O2S/c1-5-18-7-11-20(12-8-18)25-23(29)16-31-24-27-26-22(28(24)6-2)15-30-21-13-9-19(10-14-21)17(3)4/h7-14,17H,5-6,15-16H2,1-4H3,(H,25,29). The van der Waals surface area contributed by atoms with Crippen LogP contribution in [-0.2, 0) is 24.4 Å². The molecule has 0 atom stereocenters. The second-order valence-electron chi connectivity index (χ2n) is 7.54. The van der Waals surface area contributed by atoms with Gasteiger partial charge in [0.05, 0.1) is 5.75 Å². The maximum absolute atomic E-state index is 12.3. The molecule has 7 heteroatoms. The number of carbonyl (C=O) groups excluding carboxylic acids is 1. The molecule has 0 aliphatic carbocycles. The van der Waals surface area contributed by atoms with Gasteiger partial charge in [-0.25, -0.2) is 0 Å². The van der Waals surface area contributed by atoms with E-state index in [0.29, 0.717) is 24.2 Å². The quantitative estimate of drug-likeness (QED) is 0.435. The van der Waals surface area contributed by atoms with Crippen molar-refractivity contribution in [3.05, 3.63) is 65.5 Å². The smallest absolute Gasteiger partial charge is 0.234 e. The van der Waals surface area contributed by atoms with Crippen molar-refractivity contribution in [1.29, 1.82) is 0 Å². The number of hydrogen-bond donors (Lipinski definition) is 1. The molecule has 1 aromatic heterocycles. The summed E-state index contributed by atoms with van der Waals surface area (Å²) in [5, 5.41) is 12.2. The van der Waals surface area contributed by atoms with Crippen molar-refractivity contribution in [2.24, 2.45) is 0 Å². The zero-order chi connectivity index (χ0) is 22.2. The molecule has 31 heavy (non-hydrogen) atoms. The van der Waals surface area contributed by atoms with Gasteiger partial charge in [0.15, 0.2) is 11.0 Å². The predicted molar refractivity (Wildman–Crippen MR) is 126 cm³/mol. The van der Waals surface area contributed by atoms with Gasteiger partial charge in [-0.05, 0) is 54.7 Å². The Labute approximate surface area is 188 Å². The Morgan fingerprint density at radius 2 is 1.77 bits per heavy atom. The largest absolute Gasteiger partial charge is 0.486 e. The molecular formula is C24H30N4O2S. The number of anilines is 1. The highest BCUT2D eigenvalue weighted by Gasteiger charge is 2.14. The van der Waals surface area contributed by atoms with Gasteiger partial charge in [0, 0.05) is 12.2 Å². The summed E-state index contributed by atoms with van der Waals surface area (Å²) in [5.74, 6) is 2.24. The molecule has 0 fully saturated rings. The Morgan fingerprint density at radius 3 is 2.39 bits per heavy atom. The molecule has 0 aliphatic rings. The summed E-state index contributed by atoms with van der Waals surface area (Å²) in [5.41, 5.74) is 3.33. The third-order valence-corrected chi connectivity index (χ3v) is 5.97. The minimum Gasteiger partial charge on any atom is -0.486 e. The Hall–Kier alpha value is -2.80. The highest BCUT2D eigenvalue weighted by molar-refractivity contribution is 7.99. The molecule has 3 rings (SSSR count). The number of thioether (sulfide) groups is 1. The minimum absolute atomic E-state index is 0.0667. The van der Waals surface area contributed by atoms with E-state index in [1.807, 2.05) is 47.9 Å². The second-order valence-corrected chi connectivity index (χ2v) is 8.49. The lowest BCUT2D eigenvalue weighted by Gasteiger charge is -2.10. The molecule has 0 saturated heterocycles. The molecule has 164 valence electrons. The summed E-state index contributed by atoms with van der Waals surface area (Å²) in [6.07, 6.45) is 0.978. The highest BCUT2D eigenvalue weighted by Crippen LogP contribution is 2.21. The fourth-order valence-electron chi connectivity index (χ4n) is 3.10. The van der Waals surface area contributed by atoms with Crippen LogP contribution < -0.4 is 10.1 Å². The Morgan fingerprint density at radius 1 is 1.06 bits per heavy atom. The third-order valence-electron chi connectivity index (χ3n) is 5.00. The van der Waals surface area contributed by atoms with Crippen LogP contribution in [0.3, 0.4) is 0 Å². The first-order valence-electron chi connectivity index (χ1n) is 10.7. The molecule has 0 aliphatic heterocycles. The van der Waals surface area contributed by atoms with Crippen molar-refractivity contribution in [3.8, 4) is 5.75 Å². The van der Waals surface area contributed by atoms with Crippen molar-refractivity contribution in [2.45, 2.75) is 58.3 Å². The molecule has 0 saturated carbocycles. The molecule has 1 heterocycles. The summed E-state index contributed by atoms with van der Waals surface area (Å²) in [6, 6.07) is 16.0. The lowest BCUT2D eigenvalue weighted by atomic mass is 10.0. The van der Waals surface area contributed by atoms with Gasteiger partial charge in [0.1, 0.15) is 12.4 Å². The van der Waals surface area contributed by atoms with Crippen LogP contribution in [0.15, 0.2) is 53.7 Å². The predicted octanol–water partition coefficient (Wildman–Crippen LogP) is 5.29. The fraction of sp³-hybridized carbons (Fsp3) is 0.375.